The van der Waals surface area contributed by atoms with Crippen molar-refractivity contribution in [2.45, 2.75) is 13.5 Å². The number of aromatic nitrogens is 1. The number of hydrogen-bond donors (Lipinski definition) is 0. The molecular weight excluding hydrogens is 286 g/mol. The summed E-state index contributed by atoms with van der Waals surface area (Å²) in [4.78, 5) is 11.9. The van der Waals surface area contributed by atoms with Gasteiger partial charge in [0.2, 0.25) is 0 Å². The van der Waals surface area contributed by atoms with Crippen LogP contribution in [0.3, 0.4) is 0 Å². The fraction of sp³-hybridized carbons (Fsp3) is 0.222. The molecule has 74 valence electrons. The first-order valence-corrected chi connectivity index (χ1v) is 6.16. The molecule has 2 nitrogen and oxygen atoms in total. The molecule has 2 rings (SSSR count). The zero-order valence-corrected chi connectivity index (χ0v) is 10.5. The Hall–Kier alpha value is -0.320. The zero-order chi connectivity index (χ0) is 10.3. The highest BCUT2D eigenvalue weighted by Gasteiger charge is 2.11. The number of aryl methyl sites for hydroxylation is 1. The average molecular weight is 293 g/mol. The van der Waals surface area contributed by atoms with E-state index in [9.17, 15) is 4.79 Å². The van der Waals surface area contributed by atoms with Gasteiger partial charge in [-0.05, 0) is 22.9 Å². The van der Waals surface area contributed by atoms with Crippen LogP contribution in [0, 0.1) is 0 Å². The molecule has 14 heavy (non-hydrogen) atoms. The second-order valence-electron chi connectivity index (χ2n) is 2.86. The standard InChI is InChI=1S/C9H7BrClNOS/c1-2-12-3-6(11)8-7(9(12)13)5(10)4-14-8/h3-4H,2H2,1H3. The average Bonchev–Trinajstić information content (AvgIpc) is 2.54. The van der Waals surface area contributed by atoms with Crippen molar-refractivity contribution in [1.29, 1.82) is 0 Å². The summed E-state index contributed by atoms with van der Waals surface area (Å²) in [6.45, 7) is 2.56. The van der Waals surface area contributed by atoms with E-state index < -0.39 is 0 Å². The van der Waals surface area contributed by atoms with Crippen LogP contribution in [0.5, 0.6) is 0 Å². The van der Waals surface area contributed by atoms with Crippen molar-refractivity contribution in [3.05, 3.63) is 31.4 Å². The van der Waals surface area contributed by atoms with E-state index in [0.717, 1.165) is 9.17 Å². The van der Waals surface area contributed by atoms with Crippen LogP contribution in [-0.2, 0) is 6.54 Å². The normalized spacial score (nSPS) is 11.1. The largest absolute Gasteiger partial charge is 0.314 e. The predicted octanol–water partition coefficient (Wildman–Crippen LogP) is 3.50. The summed E-state index contributed by atoms with van der Waals surface area (Å²) < 4.78 is 3.29. The number of pyridine rings is 1. The summed E-state index contributed by atoms with van der Waals surface area (Å²) in [6, 6.07) is 0. The van der Waals surface area contributed by atoms with Crippen molar-refractivity contribution in [2.24, 2.45) is 0 Å². The van der Waals surface area contributed by atoms with Crippen molar-refractivity contribution in [1.82, 2.24) is 4.57 Å². The van der Waals surface area contributed by atoms with E-state index in [1.54, 1.807) is 10.8 Å². The maximum atomic E-state index is 11.9. The lowest BCUT2D eigenvalue weighted by atomic mass is 10.3. The molecule has 5 heteroatoms. The first-order chi connectivity index (χ1) is 6.65. The van der Waals surface area contributed by atoms with Crippen LogP contribution in [-0.4, -0.2) is 4.57 Å². The van der Waals surface area contributed by atoms with Gasteiger partial charge >= 0.3 is 0 Å². The van der Waals surface area contributed by atoms with Gasteiger partial charge in [-0.25, -0.2) is 0 Å². The van der Waals surface area contributed by atoms with Crippen molar-refractivity contribution >= 4 is 49.0 Å². The van der Waals surface area contributed by atoms with Crippen LogP contribution in [0.4, 0.5) is 0 Å². The number of halogens is 2. The molecule has 0 saturated carbocycles. The van der Waals surface area contributed by atoms with E-state index in [1.165, 1.54) is 11.3 Å². The second kappa shape index (κ2) is 3.68. The Labute approximate surface area is 98.2 Å². The predicted molar refractivity (Wildman–Crippen MR) is 64.5 cm³/mol. The number of thiophene rings is 1. The lowest BCUT2D eigenvalue weighted by Gasteiger charge is -2.03. The molecule has 0 aliphatic carbocycles. The van der Waals surface area contributed by atoms with Crippen molar-refractivity contribution < 1.29 is 0 Å². The van der Waals surface area contributed by atoms with Gasteiger partial charge in [0.05, 0.1) is 15.1 Å². The van der Waals surface area contributed by atoms with E-state index in [1.807, 2.05) is 12.3 Å². The van der Waals surface area contributed by atoms with E-state index in [0.29, 0.717) is 17.0 Å². The Bertz CT molecular complexity index is 545. The van der Waals surface area contributed by atoms with Crippen LogP contribution < -0.4 is 5.56 Å². The fourth-order valence-electron chi connectivity index (χ4n) is 1.34. The van der Waals surface area contributed by atoms with Gasteiger partial charge in [0.15, 0.2) is 0 Å². The molecule has 0 aliphatic heterocycles. The molecule has 0 fully saturated rings. The number of nitrogens with zero attached hydrogens (tertiary/aromatic N) is 1. The fourth-order valence-corrected chi connectivity index (χ4v) is 3.29. The SMILES string of the molecule is CCn1cc(Cl)c2scc(Br)c2c1=O. The number of rotatable bonds is 1. The molecule has 2 heterocycles. The van der Waals surface area contributed by atoms with E-state index >= 15 is 0 Å². The Kier molecular flexibility index (Phi) is 2.68. The topological polar surface area (TPSA) is 22.0 Å². The smallest absolute Gasteiger partial charge is 0.260 e. The van der Waals surface area contributed by atoms with Gasteiger partial charge in [0.1, 0.15) is 0 Å². The van der Waals surface area contributed by atoms with Crippen molar-refractivity contribution in [3.63, 3.8) is 0 Å². The van der Waals surface area contributed by atoms with Gasteiger partial charge in [-0.1, -0.05) is 11.6 Å². The summed E-state index contributed by atoms with van der Waals surface area (Å²) in [5.41, 5.74) is 0.0139. The Balaban J connectivity index is 2.99. The molecule has 0 saturated heterocycles. The maximum Gasteiger partial charge on any atom is 0.260 e. The van der Waals surface area contributed by atoms with Gasteiger partial charge in [-0.15, -0.1) is 11.3 Å². The molecule has 0 N–H and O–H groups in total. The molecule has 0 amide bonds. The summed E-state index contributed by atoms with van der Waals surface area (Å²) in [7, 11) is 0. The molecule has 0 atom stereocenters. The van der Waals surface area contributed by atoms with E-state index in [-0.39, 0.29) is 5.56 Å². The molecule has 0 aliphatic rings. The summed E-state index contributed by atoms with van der Waals surface area (Å²) in [6.07, 6.45) is 1.69. The zero-order valence-electron chi connectivity index (χ0n) is 7.38. The molecular formula is C9H7BrClNOS. The van der Waals surface area contributed by atoms with Crippen LogP contribution in [0.1, 0.15) is 6.92 Å². The first-order valence-electron chi connectivity index (χ1n) is 4.10. The first kappa shape index (κ1) is 10.2. The summed E-state index contributed by atoms with van der Waals surface area (Å²) in [5.74, 6) is 0. The summed E-state index contributed by atoms with van der Waals surface area (Å²) in [5, 5.41) is 3.21. The monoisotopic (exact) mass is 291 g/mol. The second-order valence-corrected chi connectivity index (χ2v) is 5.00. The highest BCUT2D eigenvalue weighted by atomic mass is 79.9. The van der Waals surface area contributed by atoms with Crippen LogP contribution in [0.2, 0.25) is 5.02 Å². The Morgan fingerprint density at radius 2 is 2.36 bits per heavy atom. The minimum Gasteiger partial charge on any atom is -0.314 e. The van der Waals surface area contributed by atoms with Crippen molar-refractivity contribution in [2.75, 3.05) is 0 Å². The number of hydrogen-bond acceptors (Lipinski definition) is 2. The summed E-state index contributed by atoms with van der Waals surface area (Å²) >= 11 is 10.9. The van der Waals surface area contributed by atoms with Gasteiger partial charge in [0, 0.05) is 22.6 Å². The van der Waals surface area contributed by atoms with Crippen LogP contribution in [0.25, 0.3) is 10.1 Å². The minimum atomic E-state index is 0.0139. The molecule has 2 aromatic rings. The highest BCUT2D eigenvalue weighted by molar-refractivity contribution is 9.10. The lowest BCUT2D eigenvalue weighted by Crippen LogP contribution is -2.18. The molecule has 2 aromatic heterocycles. The van der Waals surface area contributed by atoms with Crippen LogP contribution in [0.15, 0.2) is 20.8 Å². The van der Waals surface area contributed by atoms with Gasteiger partial charge in [-0.3, -0.25) is 4.79 Å². The Morgan fingerprint density at radius 1 is 1.64 bits per heavy atom. The quantitative estimate of drug-likeness (QED) is 0.788. The highest BCUT2D eigenvalue weighted by Crippen LogP contribution is 2.32. The Morgan fingerprint density at radius 3 is 3.00 bits per heavy atom. The third-order valence-electron chi connectivity index (χ3n) is 2.05. The minimum absolute atomic E-state index is 0.0139. The van der Waals surface area contributed by atoms with Crippen LogP contribution >= 0.6 is 38.9 Å². The number of fused-ring (bicyclic) bond motifs is 1. The molecule has 0 aromatic carbocycles. The molecule has 0 radical (unpaired) electrons. The van der Waals surface area contributed by atoms with E-state index in [4.69, 9.17) is 11.6 Å². The third kappa shape index (κ3) is 1.42. The lowest BCUT2D eigenvalue weighted by molar-refractivity contribution is 0.735. The van der Waals surface area contributed by atoms with E-state index in [2.05, 4.69) is 15.9 Å². The molecule has 0 spiro atoms. The molecule has 0 unspecified atom stereocenters. The maximum absolute atomic E-state index is 11.9. The van der Waals surface area contributed by atoms with Gasteiger partial charge in [0.25, 0.3) is 5.56 Å². The van der Waals surface area contributed by atoms with Gasteiger partial charge < -0.3 is 4.57 Å². The van der Waals surface area contributed by atoms with Gasteiger partial charge in [-0.2, -0.15) is 0 Å². The molecule has 0 bridgehead atoms. The third-order valence-corrected chi connectivity index (χ3v) is 4.39. The van der Waals surface area contributed by atoms with Crippen molar-refractivity contribution in [3.8, 4) is 0 Å².